The lowest BCUT2D eigenvalue weighted by Crippen LogP contribution is -2.43. The van der Waals surface area contributed by atoms with Crippen LogP contribution in [0.4, 0.5) is 11.9 Å². The summed E-state index contributed by atoms with van der Waals surface area (Å²) >= 11 is 0. The second-order valence-electron chi connectivity index (χ2n) is 3.60. The van der Waals surface area contributed by atoms with E-state index < -0.39 is 5.60 Å². The highest BCUT2D eigenvalue weighted by molar-refractivity contribution is 5.29. The van der Waals surface area contributed by atoms with Crippen molar-refractivity contribution >= 4 is 11.9 Å². The summed E-state index contributed by atoms with van der Waals surface area (Å²) in [5, 5.41) is 12.7. The third kappa shape index (κ3) is 1.90. The van der Waals surface area contributed by atoms with Gasteiger partial charge < -0.3 is 16.2 Å². The third-order valence-corrected chi connectivity index (χ3v) is 2.45. The molecule has 1 fully saturated rings. The first-order chi connectivity index (χ1) is 6.68. The van der Waals surface area contributed by atoms with E-state index in [-0.39, 0.29) is 5.95 Å². The summed E-state index contributed by atoms with van der Waals surface area (Å²) in [7, 11) is 0. The number of hydrogen-bond donors (Lipinski definition) is 3. The van der Waals surface area contributed by atoms with Gasteiger partial charge in [-0.05, 0) is 19.3 Å². The zero-order valence-electron chi connectivity index (χ0n) is 7.77. The SMILES string of the molecule is Nc1ncnc(NCC2(O)CCC2)n1. The molecular weight excluding hydrogens is 182 g/mol. The fourth-order valence-electron chi connectivity index (χ4n) is 1.40. The zero-order chi connectivity index (χ0) is 10.0. The molecule has 1 aliphatic carbocycles. The van der Waals surface area contributed by atoms with Crippen LogP contribution >= 0.6 is 0 Å². The number of nitrogens with two attached hydrogens (primary N) is 1. The van der Waals surface area contributed by atoms with Crippen molar-refractivity contribution in [3.05, 3.63) is 6.33 Å². The molecule has 6 heteroatoms. The van der Waals surface area contributed by atoms with Crippen molar-refractivity contribution in [2.24, 2.45) is 0 Å². The van der Waals surface area contributed by atoms with Crippen molar-refractivity contribution in [2.75, 3.05) is 17.6 Å². The lowest BCUT2D eigenvalue weighted by molar-refractivity contribution is -0.0203. The van der Waals surface area contributed by atoms with Crippen LogP contribution in [0.2, 0.25) is 0 Å². The van der Waals surface area contributed by atoms with Crippen molar-refractivity contribution in [3.63, 3.8) is 0 Å². The van der Waals surface area contributed by atoms with Crippen molar-refractivity contribution in [2.45, 2.75) is 24.9 Å². The minimum Gasteiger partial charge on any atom is -0.388 e. The van der Waals surface area contributed by atoms with Gasteiger partial charge in [-0.2, -0.15) is 4.98 Å². The Balaban J connectivity index is 1.91. The lowest BCUT2D eigenvalue weighted by atomic mass is 9.80. The van der Waals surface area contributed by atoms with Gasteiger partial charge in [0.1, 0.15) is 6.33 Å². The van der Waals surface area contributed by atoms with E-state index in [0.29, 0.717) is 12.5 Å². The molecule has 0 aromatic carbocycles. The minimum atomic E-state index is -0.582. The summed E-state index contributed by atoms with van der Waals surface area (Å²) in [5.41, 5.74) is 4.80. The van der Waals surface area contributed by atoms with Crippen LogP contribution in [0.15, 0.2) is 6.33 Å². The molecule has 0 spiro atoms. The van der Waals surface area contributed by atoms with Crippen LogP contribution in [-0.4, -0.2) is 32.2 Å². The minimum absolute atomic E-state index is 0.183. The Kier molecular flexibility index (Phi) is 2.20. The highest BCUT2D eigenvalue weighted by atomic mass is 16.3. The Bertz CT molecular complexity index is 325. The molecule has 14 heavy (non-hydrogen) atoms. The number of hydrogen-bond acceptors (Lipinski definition) is 6. The Morgan fingerprint density at radius 2 is 2.29 bits per heavy atom. The Labute approximate surface area is 81.6 Å². The standard InChI is InChI=1S/C8H13N5O/c9-6-11-5-12-7(13-6)10-4-8(14)2-1-3-8/h5,14H,1-4H2,(H3,9,10,11,12,13). The van der Waals surface area contributed by atoms with E-state index in [2.05, 4.69) is 20.3 Å². The van der Waals surface area contributed by atoms with Gasteiger partial charge in [-0.25, -0.2) is 9.97 Å². The van der Waals surface area contributed by atoms with E-state index in [4.69, 9.17) is 5.73 Å². The Hall–Kier alpha value is -1.43. The molecule has 0 aliphatic heterocycles. The summed E-state index contributed by atoms with van der Waals surface area (Å²) < 4.78 is 0. The van der Waals surface area contributed by atoms with E-state index in [1.807, 2.05) is 0 Å². The molecule has 0 amide bonds. The third-order valence-electron chi connectivity index (χ3n) is 2.45. The molecule has 0 atom stereocenters. The van der Waals surface area contributed by atoms with Crippen molar-refractivity contribution in [3.8, 4) is 0 Å². The molecule has 1 heterocycles. The van der Waals surface area contributed by atoms with Gasteiger partial charge in [-0.15, -0.1) is 0 Å². The highest BCUT2D eigenvalue weighted by Crippen LogP contribution is 2.31. The van der Waals surface area contributed by atoms with Crippen LogP contribution in [-0.2, 0) is 0 Å². The van der Waals surface area contributed by atoms with E-state index in [0.717, 1.165) is 19.3 Å². The average Bonchev–Trinajstić information content (AvgIpc) is 2.12. The second kappa shape index (κ2) is 3.38. The monoisotopic (exact) mass is 195 g/mol. The van der Waals surface area contributed by atoms with E-state index in [1.54, 1.807) is 0 Å². The quantitative estimate of drug-likeness (QED) is 0.617. The molecule has 2 rings (SSSR count). The van der Waals surface area contributed by atoms with Crippen LogP contribution in [0.3, 0.4) is 0 Å². The molecule has 0 saturated heterocycles. The number of aromatic nitrogens is 3. The largest absolute Gasteiger partial charge is 0.388 e. The number of nitrogen functional groups attached to an aromatic ring is 1. The summed E-state index contributed by atoms with van der Waals surface area (Å²) in [6, 6.07) is 0. The molecule has 0 bridgehead atoms. The summed E-state index contributed by atoms with van der Waals surface area (Å²) in [6.45, 7) is 0.469. The Morgan fingerprint density at radius 3 is 2.86 bits per heavy atom. The molecule has 1 saturated carbocycles. The van der Waals surface area contributed by atoms with E-state index in [9.17, 15) is 5.11 Å². The molecule has 1 aromatic rings. The fraction of sp³-hybridized carbons (Fsp3) is 0.625. The molecule has 1 aliphatic rings. The van der Waals surface area contributed by atoms with Gasteiger partial charge in [0.15, 0.2) is 0 Å². The predicted molar refractivity (Wildman–Crippen MR) is 51.5 cm³/mol. The first-order valence-electron chi connectivity index (χ1n) is 4.59. The van der Waals surface area contributed by atoms with Crippen LogP contribution in [0.1, 0.15) is 19.3 Å². The van der Waals surface area contributed by atoms with Crippen LogP contribution in [0, 0.1) is 0 Å². The molecule has 4 N–H and O–H groups in total. The molecule has 76 valence electrons. The molecule has 0 unspecified atom stereocenters. The number of aliphatic hydroxyl groups is 1. The first kappa shape index (κ1) is 9.14. The molecule has 0 radical (unpaired) electrons. The maximum atomic E-state index is 9.78. The van der Waals surface area contributed by atoms with Crippen LogP contribution < -0.4 is 11.1 Å². The van der Waals surface area contributed by atoms with Gasteiger partial charge in [0.05, 0.1) is 5.60 Å². The summed E-state index contributed by atoms with van der Waals surface area (Å²) in [6.07, 6.45) is 4.09. The maximum absolute atomic E-state index is 9.78. The normalized spacial score (nSPS) is 18.6. The van der Waals surface area contributed by atoms with Crippen LogP contribution in [0.5, 0.6) is 0 Å². The number of nitrogens with zero attached hydrogens (tertiary/aromatic N) is 3. The Morgan fingerprint density at radius 1 is 1.50 bits per heavy atom. The topological polar surface area (TPSA) is 97.0 Å². The molecular formula is C8H13N5O. The van der Waals surface area contributed by atoms with Gasteiger partial charge in [0.2, 0.25) is 11.9 Å². The van der Waals surface area contributed by atoms with Gasteiger partial charge in [0.25, 0.3) is 0 Å². The number of nitrogens with one attached hydrogen (secondary N) is 1. The van der Waals surface area contributed by atoms with E-state index in [1.165, 1.54) is 6.33 Å². The lowest BCUT2D eigenvalue weighted by Gasteiger charge is -2.36. The van der Waals surface area contributed by atoms with Gasteiger partial charge in [0, 0.05) is 6.54 Å². The zero-order valence-corrected chi connectivity index (χ0v) is 7.77. The molecule has 6 nitrogen and oxygen atoms in total. The predicted octanol–water partition coefficient (Wildman–Crippen LogP) is -0.219. The maximum Gasteiger partial charge on any atom is 0.227 e. The summed E-state index contributed by atoms with van der Waals surface area (Å²) in [4.78, 5) is 11.4. The van der Waals surface area contributed by atoms with Crippen molar-refractivity contribution in [1.29, 1.82) is 0 Å². The average molecular weight is 195 g/mol. The van der Waals surface area contributed by atoms with Gasteiger partial charge in [-0.3, -0.25) is 0 Å². The van der Waals surface area contributed by atoms with Gasteiger partial charge in [-0.1, -0.05) is 0 Å². The fourth-order valence-corrected chi connectivity index (χ4v) is 1.40. The molecule has 1 aromatic heterocycles. The van der Waals surface area contributed by atoms with Crippen LogP contribution in [0.25, 0.3) is 0 Å². The first-order valence-corrected chi connectivity index (χ1v) is 4.59. The van der Waals surface area contributed by atoms with Gasteiger partial charge >= 0.3 is 0 Å². The van der Waals surface area contributed by atoms with Crippen molar-refractivity contribution in [1.82, 2.24) is 15.0 Å². The number of anilines is 2. The van der Waals surface area contributed by atoms with E-state index >= 15 is 0 Å². The number of rotatable bonds is 3. The highest BCUT2D eigenvalue weighted by Gasteiger charge is 2.34. The second-order valence-corrected chi connectivity index (χ2v) is 3.60. The smallest absolute Gasteiger partial charge is 0.227 e. The van der Waals surface area contributed by atoms with Crippen molar-refractivity contribution < 1.29 is 5.11 Å². The summed E-state index contributed by atoms with van der Waals surface area (Å²) in [5.74, 6) is 0.598.